The molecule has 4 heterocycles. The van der Waals surface area contributed by atoms with Crippen LogP contribution < -0.4 is 5.73 Å². The smallest absolute Gasteiger partial charge is 0.240 e. The number of aromatic nitrogens is 6. The van der Waals surface area contributed by atoms with E-state index < -0.39 is 5.82 Å². The first-order valence-electron chi connectivity index (χ1n) is 9.57. The Bertz CT molecular complexity index is 1390. The summed E-state index contributed by atoms with van der Waals surface area (Å²) in [5.41, 5.74) is 9.12. The van der Waals surface area contributed by atoms with E-state index in [9.17, 15) is 8.78 Å². The molecule has 0 radical (unpaired) electrons. The van der Waals surface area contributed by atoms with Gasteiger partial charge in [0.25, 0.3) is 0 Å². The number of anilines is 1. The molecule has 0 fully saturated rings. The highest BCUT2D eigenvalue weighted by molar-refractivity contribution is 5.68. The summed E-state index contributed by atoms with van der Waals surface area (Å²) in [7, 11) is 0. The minimum Gasteiger partial charge on any atom is -0.366 e. The van der Waals surface area contributed by atoms with Crippen molar-refractivity contribution in [3.63, 3.8) is 0 Å². The van der Waals surface area contributed by atoms with Crippen LogP contribution in [-0.2, 0) is 0 Å². The Kier molecular flexibility index (Phi) is 4.43. The molecule has 0 aliphatic carbocycles. The second-order valence-corrected chi connectivity index (χ2v) is 7.15. The van der Waals surface area contributed by atoms with Gasteiger partial charge in [-0.25, -0.2) is 18.3 Å². The number of benzene rings is 1. The number of nitrogens with zero attached hydrogens (tertiary/aromatic N) is 6. The van der Waals surface area contributed by atoms with E-state index in [1.165, 1.54) is 22.7 Å². The van der Waals surface area contributed by atoms with Gasteiger partial charge in [-0.15, -0.1) is 5.10 Å². The van der Waals surface area contributed by atoms with Crippen molar-refractivity contribution in [2.75, 3.05) is 5.73 Å². The summed E-state index contributed by atoms with van der Waals surface area (Å²) in [6.07, 6.45) is 5.16. The van der Waals surface area contributed by atoms with E-state index in [0.717, 1.165) is 11.1 Å². The average Bonchev–Trinajstić information content (AvgIpc) is 3.40. The van der Waals surface area contributed by atoms with Gasteiger partial charge in [-0.05, 0) is 48.9 Å². The molecule has 7 nitrogen and oxygen atoms in total. The highest BCUT2D eigenvalue weighted by Gasteiger charge is 2.14. The maximum atomic E-state index is 14.6. The van der Waals surface area contributed by atoms with Crippen molar-refractivity contribution in [1.29, 1.82) is 0 Å². The largest absolute Gasteiger partial charge is 0.366 e. The fourth-order valence-electron chi connectivity index (χ4n) is 3.43. The molecule has 9 heteroatoms. The third kappa shape index (κ3) is 3.50. The van der Waals surface area contributed by atoms with Gasteiger partial charge in [0.2, 0.25) is 5.95 Å². The predicted octanol–water partition coefficient (Wildman–Crippen LogP) is 4.12. The maximum absolute atomic E-state index is 14.6. The normalized spacial score (nSPS) is 12.4. The zero-order chi connectivity index (χ0) is 21.5. The zero-order valence-corrected chi connectivity index (χ0v) is 16.4. The highest BCUT2D eigenvalue weighted by atomic mass is 19.1. The number of fused-ring (bicyclic) bond motifs is 1. The van der Waals surface area contributed by atoms with E-state index in [0.29, 0.717) is 16.9 Å². The van der Waals surface area contributed by atoms with Gasteiger partial charge in [0.15, 0.2) is 5.65 Å². The molecule has 0 saturated heterocycles. The summed E-state index contributed by atoms with van der Waals surface area (Å²) in [6, 6.07) is 12.6. The molecule has 1 unspecified atom stereocenters. The number of halogens is 2. The highest BCUT2D eigenvalue weighted by Crippen LogP contribution is 2.27. The first-order valence-corrected chi connectivity index (χ1v) is 9.57. The fourth-order valence-corrected chi connectivity index (χ4v) is 3.43. The van der Waals surface area contributed by atoms with E-state index in [-0.39, 0.29) is 23.5 Å². The summed E-state index contributed by atoms with van der Waals surface area (Å²) < 4.78 is 31.1. The second-order valence-electron chi connectivity index (χ2n) is 7.15. The van der Waals surface area contributed by atoms with Gasteiger partial charge in [0.1, 0.15) is 17.3 Å². The molecule has 154 valence electrons. The fraction of sp³-hybridized carbons (Fsp3) is 0.0909. The minimum atomic E-state index is -0.451. The lowest BCUT2D eigenvalue weighted by atomic mass is 10.1. The van der Waals surface area contributed by atoms with Crippen molar-refractivity contribution in [2.24, 2.45) is 0 Å². The summed E-state index contributed by atoms with van der Waals surface area (Å²) in [5, 5.41) is 8.44. The molecule has 0 amide bonds. The number of nitrogen functional groups attached to an aromatic ring is 1. The number of pyridine rings is 2. The van der Waals surface area contributed by atoms with Crippen LogP contribution in [-0.4, -0.2) is 29.4 Å². The van der Waals surface area contributed by atoms with Gasteiger partial charge in [-0.3, -0.25) is 4.68 Å². The zero-order valence-electron chi connectivity index (χ0n) is 16.4. The van der Waals surface area contributed by atoms with Crippen molar-refractivity contribution < 1.29 is 8.78 Å². The van der Waals surface area contributed by atoms with Crippen LogP contribution in [0.1, 0.15) is 18.5 Å². The summed E-state index contributed by atoms with van der Waals surface area (Å²) in [6.45, 7) is 1.97. The molecule has 0 spiro atoms. The van der Waals surface area contributed by atoms with Gasteiger partial charge in [-0.1, -0.05) is 12.1 Å². The van der Waals surface area contributed by atoms with Crippen molar-refractivity contribution in [3.8, 4) is 22.5 Å². The maximum Gasteiger partial charge on any atom is 0.240 e. The standard InChI is InChI=1S/C22H17F2N7/c1-13(14-2-4-17(23)5-3-14)31-12-16(11-26-31)19-7-6-18(24)21(27-19)15-8-9-30-20(10-15)28-22(25)29-30/h2-13H,1H3,(H2,25,29). The molecule has 4 aromatic heterocycles. The van der Waals surface area contributed by atoms with Gasteiger partial charge in [0.05, 0.1) is 17.9 Å². The van der Waals surface area contributed by atoms with E-state index in [2.05, 4.69) is 20.2 Å². The van der Waals surface area contributed by atoms with Gasteiger partial charge in [-0.2, -0.15) is 10.1 Å². The molecular weight excluding hydrogens is 400 g/mol. The molecule has 2 N–H and O–H groups in total. The lowest BCUT2D eigenvalue weighted by Gasteiger charge is -2.12. The van der Waals surface area contributed by atoms with Crippen LogP contribution in [0.3, 0.4) is 0 Å². The van der Waals surface area contributed by atoms with Crippen LogP contribution in [0.4, 0.5) is 14.7 Å². The number of hydrogen-bond acceptors (Lipinski definition) is 5. The van der Waals surface area contributed by atoms with Gasteiger partial charge < -0.3 is 5.73 Å². The van der Waals surface area contributed by atoms with Crippen molar-refractivity contribution >= 4 is 11.6 Å². The van der Waals surface area contributed by atoms with Gasteiger partial charge >= 0.3 is 0 Å². The SMILES string of the molecule is CC(c1ccc(F)cc1)n1cc(-c2ccc(F)c(-c3ccn4nc(N)nc4c3)n2)cn1. The first-order chi connectivity index (χ1) is 15.0. The van der Waals surface area contributed by atoms with Crippen molar-refractivity contribution in [1.82, 2.24) is 29.4 Å². The molecule has 1 atom stereocenters. The Hall–Kier alpha value is -4.14. The lowest BCUT2D eigenvalue weighted by Crippen LogP contribution is -2.06. The quantitative estimate of drug-likeness (QED) is 0.475. The molecule has 0 bridgehead atoms. The van der Waals surface area contributed by atoms with Crippen LogP contribution in [0.5, 0.6) is 0 Å². The Balaban J connectivity index is 1.49. The molecule has 5 aromatic rings. The predicted molar refractivity (Wildman–Crippen MR) is 112 cm³/mol. The molecule has 31 heavy (non-hydrogen) atoms. The first kappa shape index (κ1) is 18.9. The van der Waals surface area contributed by atoms with Crippen molar-refractivity contribution in [2.45, 2.75) is 13.0 Å². The van der Waals surface area contributed by atoms with E-state index in [4.69, 9.17) is 5.73 Å². The summed E-state index contributed by atoms with van der Waals surface area (Å²) >= 11 is 0. The molecule has 1 aromatic carbocycles. The van der Waals surface area contributed by atoms with E-state index >= 15 is 0 Å². The van der Waals surface area contributed by atoms with Gasteiger partial charge in [0, 0.05) is 23.5 Å². The number of hydrogen-bond donors (Lipinski definition) is 1. The molecule has 0 saturated carbocycles. The third-order valence-electron chi connectivity index (χ3n) is 5.12. The van der Waals surface area contributed by atoms with E-state index in [1.54, 1.807) is 47.4 Å². The average molecular weight is 417 g/mol. The van der Waals surface area contributed by atoms with Crippen LogP contribution >= 0.6 is 0 Å². The van der Waals surface area contributed by atoms with Crippen LogP contribution in [0, 0.1) is 11.6 Å². The Morgan fingerprint density at radius 1 is 0.968 bits per heavy atom. The molecular formula is C22H17F2N7. The van der Waals surface area contributed by atoms with Crippen LogP contribution in [0.25, 0.3) is 28.2 Å². The molecule has 0 aliphatic heterocycles. The Morgan fingerprint density at radius 2 is 1.77 bits per heavy atom. The lowest BCUT2D eigenvalue weighted by molar-refractivity contribution is 0.561. The third-order valence-corrected chi connectivity index (χ3v) is 5.12. The monoisotopic (exact) mass is 417 g/mol. The summed E-state index contributed by atoms with van der Waals surface area (Å²) in [5.74, 6) is -0.596. The summed E-state index contributed by atoms with van der Waals surface area (Å²) in [4.78, 5) is 8.63. The Labute approximate surface area is 175 Å². The van der Waals surface area contributed by atoms with Crippen LogP contribution in [0.15, 0.2) is 67.1 Å². The van der Waals surface area contributed by atoms with Crippen molar-refractivity contribution in [3.05, 3.63) is 84.3 Å². The second kappa shape index (κ2) is 7.28. The molecule has 0 aliphatic rings. The number of rotatable bonds is 4. The Morgan fingerprint density at radius 3 is 2.58 bits per heavy atom. The van der Waals surface area contributed by atoms with E-state index in [1.807, 2.05) is 13.1 Å². The topological polar surface area (TPSA) is 86.9 Å². The molecule has 5 rings (SSSR count). The minimum absolute atomic E-state index is 0.102. The number of nitrogens with two attached hydrogens (primary N) is 1. The van der Waals surface area contributed by atoms with Crippen LogP contribution in [0.2, 0.25) is 0 Å².